The molecule has 0 fully saturated rings. The van der Waals surface area contributed by atoms with Crippen molar-refractivity contribution in [3.05, 3.63) is 69.8 Å². The maximum absolute atomic E-state index is 13.1. The van der Waals surface area contributed by atoms with Crippen molar-refractivity contribution in [2.45, 2.75) is 26.3 Å². The monoisotopic (exact) mass is 411 g/mol. The second kappa shape index (κ2) is 7.17. The number of carbonyl (C=O) groups excluding carboxylic acids is 2. The lowest BCUT2D eigenvalue weighted by atomic mass is 9.95. The largest absolute Gasteiger partial charge is 0.508 e. The van der Waals surface area contributed by atoms with Crippen LogP contribution in [0.2, 0.25) is 0 Å². The molecular formula is C20H17N3O5S. The van der Waals surface area contributed by atoms with Gasteiger partial charge in [0.15, 0.2) is 11.5 Å². The van der Waals surface area contributed by atoms with E-state index in [2.05, 4.69) is 10.2 Å². The Morgan fingerprint density at radius 1 is 1.17 bits per heavy atom. The molecule has 0 spiro atoms. The molecule has 1 unspecified atom stereocenters. The number of phenols is 1. The highest BCUT2D eigenvalue weighted by atomic mass is 32.1. The quantitative estimate of drug-likeness (QED) is 0.617. The molecule has 0 saturated heterocycles. The molecule has 4 rings (SSSR count). The van der Waals surface area contributed by atoms with Gasteiger partial charge in [0.05, 0.1) is 11.6 Å². The van der Waals surface area contributed by atoms with E-state index < -0.39 is 23.5 Å². The van der Waals surface area contributed by atoms with Crippen molar-refractivity contribution in [3.63, 3.8) is 0 Å². The number of phenolic OH excluding ortho intramolecular Hbond substituents is 1. The van der Waals surface area contributed by atoms with E-state index in [0.29, 0.717) is 17.7 Å². The first-order valence-electron chi connectivity index (χ1n) is 8.89. The Balaban J connectivity index is 1.86. The van der Waals surface area contributed by atoms with E-state index in [9.17, 15) is 19.8 Å². The molecule has 1 atom stereocenters. The normalized spacial score (nSPS) is 16.7. The minimum atomic E-state index is -0.932. The average Bonchev–Trinajstić information content (AvgIpc) is 3.41. The molecule has 2 N–H and O–H groups in total. The van der Waals surface area contributed by atoms with Gasteiger partial charge in [-0.2, -0.15) is 0 Å². The van der Waals surface area contributed by atoms with Crippen molar-refractivity contribution in [1.82, 2.24) is 10.2 Å². The summed E-state index contributed by atoms with van der Waals surface area (Å²) in [4.78, 5) is 27.3. The number of aromatic hydroxyl groups is 1. The summed E-state index contributed by atoms with van der Waals surface area (Å²) in [5.74, 6) is -1.40. The van der Waals surface area contributed by atoms with Crippen LogP contribution in [0, 0.1) is 6.92 Å². The number of ketones is 1. The smallest absolute Gasteiger partial charge is 0.296 e. The van der Waals surface area contributed by atoms with Gasteiger partial charge in [-0.1, -0.05) is 30.4 Å². The summed E-state index contributed by atoms with van der Waals surface area (Å²) >= 11 is 1.21. The molecule has 29 heavy (non-hydrogen) atoms. The van der Waals surface area contributed by atoms with E-state index in [0.717, 1.165) is 5.01 Å². The van der Waals surface area contributed by atoms with Crippen molar-refractivity contribution in [2.75, 3.05) is 4.90 Å². The van der Waals surface area contributed by atoms with Crippen LogP contribution in [0.25, 0.3) is 0 Å². The average molecular weight is 411 g/mol. The molecule has 9 heteroatoms. The molecular weight excluding hydrogens is 394 g/mol. The molecule has 1 amide bonds. The zero-order valence-electron chi connectivity index (χ0n) is 15.6. The number of hydrogen-bond donors (Lipinski definition) is 2. The van der Waals surface area contributed by atoms with E-state index in [1.54, 1.807) is 25.1 Å². The summed E-state index contributed by atoms with van der Waals surface area (Å²) in [5, 5.41) is 29.4. The number of amides is 1. The fraction of sp³-hybridized carbons (Fsp3) is 0.200. The third-order valence-electron chi connectivity index (χ3n) is 4.59. The number of rotatable bonds is 5. The first-order chi connectivity index (χ1) is 13.9. The van der Waals surface area contributed by atoms with Gasteiger partial charge in [0.25, 0.3) is 5.91 Å². The number of Topliss-reactive ketones (excluding diaryl/α,β-unsaturated/α-hetero) is 1. The maximum Gasteiger partial charge on any atom is 0.296 e. The molecule has 3 aromatic rings. The Bertz CT molecular complexity index is 1130. The fourth-order valence-electron chi connectivity index (χ4n) is 3.18. The first-order valence-corrected chi connectivity index (χ1v) is 9.71. The van der Waals surface area contributed by atoms with Crippen molar-refractivity contribution in [1.29, 1.82) is 0 Å². The van der Waals surface area contributed by atoms with Gasteiger partial charge in [0.2, 0.25) is 10.9 Å². The van der Waals surface area contributed by atoms with Crippen LogP contribution in [0.5, 0.6) is 5.75 Å². The minimum absolute atomic E-state index is 0.0222. The van der Waals surface area contributed by atoms with Crippen LogP contribution in [0.4, 0.5) is 5.13 Å². The second-order valence-electron chi connectivity index (χ2n) is 6.50. The lowest BCUT2D eigenvalue weighted by molar-refractivity contribution is -0.117. The molecule has 1 aliphatic rings. The van der Waals surface area contributed by atoms with E-state index in [1.165, 1.54) is 34.4 Å². The van der Waals surface area contributed by atoms with Gasteiger partial charge in [-0.05, 0) is 43.2 Å². The van der Waals surface area contributed by atoms with Gasteiger partial charge in [-0.25, -0.2) is 0 Å². The lowest BCUT2D eigenvalue weighted by Crippen LogP contribution is -2.31. The molecule has 0 aliphatic carbocycles. The Kier molecular flexibility index (Phi) is 4.67. The molecule has 8 nitrogen and oxygen atoms in total. The number of aromatic nitrogens is 2. The van der Waals surface area contributed by atoms with E-state index in [-0.39, 0.29) is 22.2 Å². The van der Waals surface area contributed by atoms with Gasteiger partial charge >= 0.3 is 0 Å². The number of hydrogen-bond acceptors (Lipinski definition) is 8. The molecule has 0 radical (unpaired) electrons. The summed E-state index contributed by atoms with van der Waals surface area (Å²) < 4.78 is 5.42. The first kappa shape index (κ1) is 18.9. The number of carbonyl (C=O) groups is 2. The molecule has 3 heterocycles. The molecule has 1 aliphatic heterocycles. The Labute approximate surface area is 169 Å². The summed E-state index contributed by atoms with van der Waals surface area (Å²) in [6, 6.07) is 8.27. The molecule has 148 valence electrons. The predicted octanol–water partition coefficient (Wildman–Crippen LogP) is 3.49. The summed E-state index contributed by atoms with van der Waals surface area (Å²) in [6.07, 6.45) is 0.639. The Hall–Kier alpha value is -3.46. The Morgan fingerprint density at radius 3 is 2.48 bits per heavy atom. The second-order valence-corrected chi connectivity index (χ2v) is 7.54. The van der Waals surface area contributed by atoms with E-state index in [4.69, 9.17) is 4.42 Å². The van der Waals surface area contributed by atoms with Crippen molar-refractivity contribution >= 4 is 28.2 Å². The summed E-state index contributed by atoms with van der Waals surface area (Å²) in [7, 11) is 0. The number of anilines is 1. The lowest BCUT2D eigenvalue weighted by Gasteiger charge is -2.23. The van der Waals surface area contributed by atoms with Crippen LogP contribution < -0.4 is 4.90 Å². The number of aliphatic hydroxyl groups excluding tert-OH is 1. The third kappa shape index (κ3) is 3.19. The maximum atomic E-state index is 13.1. The van der Waals surface area contributed by atoms with E-state index >= 15 is 0 Å². The van der Waals surface area contributed by atoms with Gasteiger partial charge in [0.1, 0.15) is 16.5 Å². The topological polar surface area (TPSA) is 117 Å². The summed E-state index contributed by atoms with van der Waals surface area (Å²) in [5.41, 5.74) is 0.420. The van der Waals surface area contributed by atoms with Gasteiger partial charge < -0.3 is 14.6 Å². The number of furan rings is 1. The zero-order valence-corrected chi connectivity index (χ0v) is 16.4. The van der Waals surface area contributed by atoms with Crippen LogP contribution in [-0.4, -0.2) is 32.1 Å². The predicted molar refractivity (Wildman–Crippen MR) is 105 cm³/mol. The number of aryl methyl sites for hydroxylation is 2. The Morgan fingerprint density at radius 2 is 1.90 bits per heavy atom. The number of aliphatic hydroxyl groups is 1. The van der Waals surface area contributed by atoms with Gasteiger partial charge in [-0.3, -0.25) is 14.5 Å². The van der Waals surface area contributed by atoms with Gasteiger partial charge in [0, 0.05) is 0 Å². The molecule has 0 bridgehead atoms. The fourth-order valence-corrected chi connectivity index (χ4v) is 3.99. The molecule has 2 aromatic heterocycles. The van der Waals surface area contributed by atoms with Crippen molar-refractivity contribution in [3.8, 4) is 5.75 Å². The zero-order chi connectivity index (χ0) is 20.7. The van der Waals surface area contributed by atoms with Crippen LogP contribution in [0.15, 0.2) is 52.1 Å². The molecule has 0 saturated carbocycles. The number of nitrogens with zero attached hydrogens (tertiary/aromatic N) is 3. The SMILES string of the molecule is CCc1nnc(N2C(=O)C(O)=C(C(=O)c3ccc(C)o3)C2c2ccc(O)cc2)s1. The van der Waals surface area contributed by atoms with Crippen molar-refractivity contribution in [2.24, 2.45) is 0 Å². The van der Waals surface area contributed by atoms with Crippen LogP contribution in [0.3, 0.4) is 0 Å². The van der Waals surface area contributed by atoms with Gasteiger partial charge in [-0.15, -0.1) is 10.2 Å². The highest BCUT2D eigenvalue weighted by Gasteiger charge is 2.46. The minimum Gasteiger partial charge on any atom is -0.508 e. The van der Waals surface area contributed by atoms with Crippen LogP contribution in [0.1, 0.15) is 39.9 Å². The van der Waals surface area contributed by atoms with E-state index in [1.807, 2.05) is 6.92 Å². The highest BCUT2D eigenvalue weighted by Crippen LogP contribution is 2.43. The third-order valence-corrected chi connectivity index (χ3v) is 5.66. The summed E-state index contributed by atoms with van der Waals surface area (Å²) in [6.45, 7) is 3.61. The molecule has 1 aromatic carbocycles. The van der Waals surface area contributed by atoms with Crippen LogP contribution >= 0.6 is 11.3 Å². The van der Waals surface area contributed by atoms with Crippen molar-refractivity contribution < 1.29 is 24.2 Å². The van der Waals surface area contributed by atoms with Crippen LogP contribution in [-0.2, 0) is 11.2 Å². The number of benzene rings is 1. The standard InChI is InChI=1S/C20H17N3O5S/c1-3-14-21-22-20(29-14)23-16(11-5-7-12(24)8-6-11)15(18(26)19(23)27)17(25)13-9-4-10(2)28-13/h4-9,16,24,26H,3H2,1-2H3. The highest BCUT2D eigenvalue weighted by molar-refractivity contribution is 7.15.